The maximum Gasteiger partial charge on any atom is 0.251 e. The molecule has 2 saturated heterocycles. The summed E-state index contributed by atoms with van der Waals surface area (Å²) in [7, 11) is 0. The predicted molar refractivity (Wildman–Crippen MR) is 109 cm³/mol. The second-order valence-corrected chi connectivity index (χ2v) is 7.46. The number of rotatable bonds is 6. The average Bonchev–Trinajstić information content (AvgIpc) is 3.30. The molecule has 2 aromatic rings. The number of carbonyl (C=O) groups excluding carboxylic acids is 1. The van der Waals surface area contributed by atoms with Gasteiger partial charge in [-0.05, 0) is 23.6 Å². The molecule has 28 heavy (non-hydrogen) atoms. The fourth-order valence-electron chi connectivity index (χ4n) is 4.20. The molecule has 148 valence electrons. The Morgan fingerprint density at radius 2 is 1.75 bits per heavy atom. The number of hydrogen-bond donors (Lipinski definition) is 1. The molecule has 2 fully saturated rings. The Morgan fingerprint density at radius 3 is 2.50 bits per heavy atom. The SMILES string of the molecule is O=C(NC[C@@H]([C@H]1CCOC1)N1CCOCC1)c1ccccc1-c1ccccc1. The lowest BCUT2D eigenvalue weighted by molar-refractivity contribution is 0.00166. The van der Waals surface area contributed by atoms with Gasteiger partial charge in [-0.15, -0.1) is 0 Å². The first-order valence-electron chi connectivity index (χ1n) is 10.1. The van der Waals surface area contributed by atoms with E-state index in [4.69, 9.17) is 9.47 Å². The Kier molecular flexibility index (Phi) is 6.37. The first-order valence-corrected chi connectivity index (χ1v) is 10.1. The van der Waals surface area contributed by atoms with E-state index in [1.165, 1.54) is 0 Å². The third kappa shape index (κ3) is 4.43. The van der Waals surface area contributed by atoms with Gasteiger partial charge in [-0.2, -0.15) is 0 Å². The van der Waals surface area contributed by atoms with Gasteiger partial charge >= 0.3 is 0 Å². The van der Waals surface area contributed by atoms with Gasteiger partial charge in [-0.1, -0.05) is 48.5 Å². The van der Waals surface area contributed by atoms with Gasteiger partial charge in [0.05, 0.1) is 19.8 Å². The standard InChI is InChI=1S/C23H28N2O3/c26-23(21-9-5-4-8-20(21)18-6-2-1-3-7-18)24-16-22(19-10-13-28-17-19)25-11-14-27-15-12-25/h1-9,19,22H,10-17H2,(H,24,26)/t19-,22-/m0/s1. The van der Waals surface area contributed by atoms with Crippen LogP contribution in [-0.4, -0.2) is 62.9 Å². The molecule has 5 nitrogen and oxygen atoms in total. The molecule has 1 amide bonds. The number of morpholine rings is 1. The lowest BCUT2D eigenvalue weighted by atomic mass is 9.96. The van der Waals surface area contributed by atoms with E-state index < -0.39 is 0 Å². The van der Waals surface area contributed by atoms with Crippen LogP contribution in [0, 0.1) is 5.92 Å². The molecular weight excluding hydrogens is 352 g/mol. The van der Waals surface area contributed by atoms with E-state index in [9.17, 15) is 4.79 Å². The van der Waals surface area contributed by atoms with Crippen molar-refractivity contribution in [3.05, 3.63) is 60.2 Å². The summed E-state index contributed by atoms with van der Waals surface area (Å²) in [5.41, 5.74) is 2.74. The van der Waals surface area contributed by atoms with E-state index in [1.54, 1.807) is 0 Å². The first kappa shape index (κ1) is 19.1. The minimum atomic E-state index is -0.0170. The molecule has 0 spiro atoms. The molecule has 1 N–H and O–H groups in total. The summed E-state index contributed by atoms with van der Waals surface area (Å²) in [6.07, 6.45) is 1.05. The molecule has 0 aliphatic carbocycles. The maximum atomic E-state index is 13.1. The van der Waals surface area contributed by atoms with Gasteiger partial charge in [0, 0.05) is 43.8 Å². The van der Waals surface area contributed by atoms with Gasteiger partial charge in [0.15, 0.2) is 0 Å². The molecule has 0 aromatic heterocycles. The van der Waals surface area contributed by atoms with Crippen molar-refractivity contribution in [2.24, 2.45) is 5.92 Å². The molecule has 5 heteroatoms. The van der Waals surface area contributed by atoms with Crippen molar-refractivity contribution in [3.63, 3.8) is 0 Å². The third-order valence-electron chi connectivity index (χ3n) is 5.75. The zero-order valence-electron chi connectivity index (χ0n) is 16.2. The third-order valence-corrected chi connectivity index (χ3v) is 5.75. The van der Waals surface area contributed by atoms with Gasteiger partial charge in [-0.25, -0.2) is 0 Å². The highest BCUT2D eigenvalue weighted by Gasteiger charge is 2.32. The van der Waals surface area contributed by atoms with E-state index in [2.05, 4.69) is 10.2 Å². The number of carbonyl (C=O) groups is 1. The van der Waals surface area contributed by atoms with Crippen LogP contribution in [0.4, 0.5) is 0 Å². The lowest BCUT2D eigenvalue weighted by Crippen LogP contribution is -2.52. The van der Waals surface area contributed by atoms with Crippen LogP contribution in [-0.2, 0) is 9.47 Å². The number of benzene rings is 2. The Bertz CT molecular complexity index is 768. The molecule has 0 bridgehead atoms. The van der Waals surface area contributed by atoms with Crippen molar-refractivity contribution < 1.29 is 14.3 Å². The van der Waals surface area contributed by atoms with Crippen molar-refractivity contribution in [1.29, 1.82) is 0 Å². The highest BCUT2D eigenvalue weighted by atomic mass is 16.5. The van der Waals surface area contributed by atoms with E-state index >= 15 is 0 Å². The van der Waals surface area contributed by atoms with Crippen molar-refractivity contribution in [2.45, 2.75) is 12.5 Å². The number of hydrogen-bond acceptors (Lipinski definition) is 4. The zero-order chi connectivity index (χ0) is 19.2. The number of nitrogens with one attached hydrogen (secondary N) is 1. The van der Waals surface area contributed by atoms with Crippen molar-refractivity contribution in [2.75, 3.05) is 46.1 Å². The molecule has 2 aromatic carbocycles. The normalized spacial score (nSPS) is 21.4. The van der Waals surface area contributed by atoms with E-state index in [-0.39, 0.29) is 5.91 Å². The zero-order valence-corrected chi connectivity index (χ0v) is 16.2. The van der Waals surface area contributed by atoms with E-state index in [1.807, 2.05) is 54.6 Å². The minimum Gasteiger partial charge on any atom is -0.381 e. The lowest BCUT2D eigenvalue weighted by Gasteiger charge is -2.37. The quantitative estimate of drug-likeness (QED) is 0.837. The summed E-state index contributed by atoms with van der Waals surface area (Å²) in [5, 5.41) is 3.21. The molecule has 2 atom stereocenters. The summed E-state index contributed by atoms with van der Waals surface area (Å²) >= 11 is 0. The second kappa shape index (κ2) is 9.32. The number of nitrogens with zero attached hydrogens (tertiary/aromatic N) is 1. The maximum absolute atomic E-state index is 13.1. The van der Waals surface area contributed by atoms with Crippen LogP contribution in [0.25, 0.3) is 11.1 Å². The molecule has 4 rings (SSSR count). The summed E-state index contributed by atoms with van der Waals surface area (Å²) in [5.74, 6) is 0.444. The van der Waals surface area contributed by atoms with Crippen LogP contribution in [0.15, 0.2) is 54.6 Å². The first-order chi connectivity index (χ1) is 13.8. The molecule has 0 saturated carbocycles. The van der Waals surface area contributed by atoms with Crippen LogP contribution in [0.3, 0.4) is 0 Å². The Morgan fingerprint density at radius 1 is 1.00 bits per heavy atom. The highest BCUT2D eigenvalue weighted by Crippen LogP contribution is 2.24. The smallest absolute Gasteiger partial charge is 0.251 e. The molecule has 2 aliphatic heterocycles. The monoisotopic (exact) mass is 380 g/mol. The number of ether oxygens (including phenoxy) is 2. The molecule has 0 radical (unpaired) electrons. The summed E-state index contributed by atoms with van der Waals surface area (Å²) in [6, 6.07) is 18.2. The summed E-state index contributed by atoms with van der Waals surface area (Å²) in [4.78, 5) is 15.5. The molecule has 0 unspecified atom stereocenters. The summed E-state index contributed by atoms with van der Waals surface area (Å²) in [6.45, 7) is 5.57. The molecule has 2 heterocycles. The summed E-state index contributed by atoms with van der Waals surface area (Å²) < 4.78 is 11.1. The number of amides is 1. The Labute approximate surface area is 166 Å². The van der Waals surface area contributed by atoms with Crippen LogP contribution >= 0.6 is 0 Å². The van der Waals surface area contributed by atoms with E-state index in [0.29, 0.717) is 18.5 Å². The second-order valence-electron chi connectivity index (χ2n) is 7.46. The van der Waals surface area contributed by atoms with Crippen LogP contribution in [0.1, 0.15) is 16.8 Å². The minimum absolute atomic E-state index is 0.0170. The van der Waals surface area contributed by atoms with Gasteiger partial charge < -0.3 is 14.8 Å². The van der Waals surface area contributed by atoms with Crippen molar-refractivity contribution >= 4 is 5.91 Å². The van der Waals surface area contributed by atoms with Crippen molar-refractivity contribution in [1.82, 2.24) is 10.2 Å². The fraction of sp³-hybridized carbons (Fsp3) is 0.435. The Balaban J connectivity index is 1.48. The average molecular weight is 380 g/mol. The Hall–Kier alpha value is -2.21. The van der Waals surface area contributed by atoms with Crippen LogP contribution in [0.2, 0.25) is 0 Å². The highest BCUT2D eigenvalue weighted by molar-refractivity contribution is 6.00. The molecular formula is C23H28N2O3. The van der Waals surface area contributed by atoms with Gasteiger partial charge in [0.25, 0.3) is 5.91 Å². The van der Waals surface area contributed by atoms with Gasteiger partial charge in [0.1, 0.15) is 0 Å². The van der Waals surface area contributed by atoms with Gasteiger partial charge in [-0.3, -0.25) is 9.69 Å². The van der Waals surface area contributed by atoms with Crippen LogP contribution < -0.4 is 5.32 Å². The molecule has 2 aliphatic rings. The van der Waals surface area contributed by atoms with Crippen LogP contribution in [0.5, 0.6) is 0 Å². The predicted octanol–water partition coefficient (Wildman–Crippen LogP) is 2.82. The van der Waals surface area contributed by atoms with Gasteiger partial charge in [0.2, 0.25) is 0 Å². The largest absolute Gasteiger partial charge is 0.381 e. The fourth-order valence-corrected chi connectivity index (χ4v) is 4.20. The van der Waals surface area contributed by atoms with E-state index in [0.717, 1.165) is 62.6 Å². The van der Waals surface area contributed by atoms with Crippen molar-refractivity contribution in [3.8, 4) is 11.1 Å². The topological polar surface area (TPSA) is 50.8 Å².